The van der Waals surface area contributed by atoms with Crippen molar-refractivity contribution in [2.24, 2.45) is 11.8 Å². The monoisotopic (exact) mass is 346 g/mol. The number of carbonyl (C=O) groups is 2. The molecule has 0 bridgehead atoms. The maximum atomic E-state index is 12.7. The Balaban J connectivity index is 1.78. The smallest absolute Gasteiger partial charge is 0.251 e. The largest absolute Gasteiger partial charge is 0.349 e. The van der Waals surface area contributed by atoms with Gasteiger partial charge in [-0.2, -0.15) is 0 Å². The van der Waals surface area contributed by atoms with Crippen LogP contribution in [0.5, 0.6) is 0 Å². The van der Waals surface area contributed by atoms with E-state index in [4.69, 9.17) is 0 Å². The van der Waals surface area contributed by atoms with E-state index in [0.29, 0.717) is 29.7 Å². The van der Waals surface area contributed by atoms with Gasteiger partial charge in [-0.05, 0) is 43.4 Å². The van der Waals surface area contributed by atoms with Crippen LogP contribution in [0.3, 0.4) is 0 Å². The van der Waals surface area contributed by atoms with Gasteiger partial charge in [-0.15, -0.1) is 11.8 Å². The predicted molar refractivity (Wildman–Crippen MR) is 98.6 cm³/mol. The van der Waals surface area contributed by atoms with E-state index < -0.39 is 0 Å². The van der Waals surface area contributed by atoms with Gasteiger partial charge in [0.25, 0.3) is 5.91 Å². The third-order valence-electron chi connectivity index (χ3n) is 5.50. The number of thioether (sulfide) groups is 1. The molecule has 1 aromatic rings. The number of benzene rings is 1. The van der Waals surface area contributed by atoms with Gasteiger partial charge >= 0.3 is 0 Å². The molecule has 1 aliphatic heterocycles. The van der Waals surface area contributed by atoms with Crippen LogP contribution in [0.25, 0.3) is 0 Å². The lowest BCUT2D eigenvalue weighted by atomic mass is 9.78. The van der Waals surface area contributed by atoms with Gasteiger partial charge in [-0.25, -0.2) is 0 Å². The molecule has 0 aromatic heterocycles. The van der Waals surface area contributed by atoms with Gasteiger partial charge in [0.15, 0.2) is 0 Å². The molecular formula is C19H26N2O2S. The molecule has 1 aromatic carbocycles. The lowest BCUT2D eigenvalue weighted by molar-refractivity contribution is -0.116. The molecule has 2 aliphatic rings. The molecule has 1 aliphatic carbocycles. The maximum absolute atomic E-state index is 12.7. The number of amides is 2. The van der Waals surface area contributed by atoms with Crippen LogP contribution < -0.4 is 10.2 Å². The molecule has 4 nitrogen and oxygen atoms in total. The minimum Gasteiger partial charge on any atom is -0.349 e. The highest BCUT2D eigenvalue weighted by Gasteiger charge is 2.29. The average molecular weight is 346 g/mol. The molecular weight excluding hydrogens is 320 g/mol. The zero-order valence-electron chi connectivity index (χ0n) is 14.7. The molecule has 0 radical (unpaired) electrons. The summed E-state index contributed by atoms with van der Waals surface area (Å²) in [6.45, 7) is 7.10. The van der Waals surface area contributed by atoms with Crippen LogP contribution in [0.4, 0.5) is 5.69 Å². The summed E-state index contributed by atoms with van der Waals surface area (Å²) in [6, 6.07) is 5.96. The molecule has 3 rings (SSSR count). The summed E-state index contributed by atoms with van der Waals surface area (Å²) in [4.78, 5) is 27.6. The zero-order valence-corrected chi connectivity index (χ0v) is 15.5. The number of nitrogens with zero attached hydrogens (tertiary/aromatic N) is 1. The van der Waals surface area contributed by atoms with Crippen LogP contribution in [0.2, 0.25) is 0 Å². The minimum absolute atomic E-state index is 0.0252. The Hall–Kier alpha value is -1.49. The Bertz CT molecular complexity index is 646. The molecule has 3 atom stereocenters. The van der Waals surface area contributed by atoms with Crippen molar-refractivity contribution in [1.82, 2.24) is 5.32 Å². The van der Waals surface area contributed by atoms with Gasteiger partial charge in [0.1, 0.15) is 0 Å². The maximum Gasteiger partial charge on any atom is 0.251 e. The van der Waals surface area contributed by atoms with Crippen molar-refractivity contribution >= 4 is 29.3 Å². The highest BCUT2D eigenvalue weighted by Crippen LogP contribution is 2.36. The molecule has 1 N–H and O–H groups in total. The second-order valence-electron chi connectivity index (χ2n) is 6.96. The number of carbonyl (C=O) groups excluding carboxylic acids is 2. The van der Waals surface area contributed by atoms with Gasteiger partial charge in [-0.1, -0.05) is 26.7 Å². The van der Waals surface area contributed by atoms with Crippen molar-refractivity contribution in [3.05, 3.63) is 23.8 Å². The van der Waals surface area contributed by atoms with Crippen molar-refractivity contribution in [3.8, 4) is 0 Å². The van der Waals surface area contributed by atoms with E-state index in [1.807, 2.05) is 25.1 Å². The summed E-state index contributed by atoms with van der Waals surface area (Å²) in [6.07, 6.45) is 3.48. The number of hydrogen-bond acceptors (Lipinski definition) is 3. The summed E-state index contributed by atoms with van der Waals surface area (Å²) in [5.41, 5.74) is 1.52. The van der Waals surface area contributed by atoms with Gasteiger partial charge in [-0.3, -0.25) is 9.59 Å². The molecule has 1 saturated carbocycles. The fourth-order valence-electron chi connectivity index (χ4n) is 3.73. The Kier molecular flexibility index (Phi) is 5.18. The van der Waals surface area contributed by atoms with Crippen LogP contribution in [0.1, 0.15) is 50.4 Å². The summed E-state index contributed by atoms with van der Waals surface area (Å²) in [5, 5.41) is 3.22. The molecule has 5 heteroatoms. The second-order valence-corrected chi connectivity index (χ2v) is 7.97. The summed E-state index contributed by atoms with van der Waals surface area (Å²) in [7, 11) is 0. The summed E-state index contributed by atoms with van der Waals surface area (Å²) < 4.78 is 0. The second kappa shape index (κ2) is 7.18. The van der Waals surface area contributed by atoms with Crippen molar-refractivity contribution < 1.29 is 9.59 Å². The first-order chi connectivity index (χ1) is 11.5. The number of rotatable bonds is 3. The Morgan fingerprint density at radius 1 is 1.33 bits per heavy atom. The van der Waals surface area contributed by atoms with E-state index in [-0.39, 0.29) is 17.9 Å². The third-order valence-corrected chi connectivity index (χ3v) is 6.55. The SMILES string of the molecule is CCN1C(=O)CSc2ccc(C(=O)N[C@@H]3CCC[C@H](C)[C@@H]3C)cc21. The van der Waals surface area contributed by atoms with Crippen molar-refractivity contribution in [2.75, 3.05) is 17.2 Å². The third kappa shape index (κ3) is 3.32. The summed E-state index contributed by atoms with van der Waals surface area (Å²) in [5.74, 6) is 1.72. The number of anilines is 1. The normalized spacial score (nSPS) is 26.9. The average Bonchev–Trinajstić information content (AvgIpc) is 2.58. The highest BCUT2D eigenvalue weighted by molar-refractivity contribution is 8.00. The lowest BCUT2D eigenvalue weighted by Crippen LogP contribution is -2.43. The van der Waals surface area contributed by atoms with Crippen LogP contribution in [-0.4, -0.2) is 30.2 Å². The van der Waals surface area contributed by atoms with Gasteiger partial charge in [0, 0.05) is 23.0 Å². The van der Waals surface area contributed by atoms with E-state index in [1.54, 1.807) is 16.7 Å². The molecule has 2 amide bonds. The summed E-state index contributed by atoms with van der Waals surface area (Å²) >= 11 is 1.55. The molecule has 0 saturated heterocycles. The minimum atomic E-state index is -0.0252. The Morgan fingerprint density at radius 3 is 2.88 bits per heavy atom. The number of hydrogen-bond donors (Lipinski definition) is 1. The Labute approximate surface area is 148 Å². The Morgan fingerprint density at radius 2 is 2.12 bits per heavy atom. The fourth-order valence-corrected chi connectivity index (χ4v) is 4.64. The van der Waals surface area contributed by atoms with E-state index in [9.17, 15) is 9.59 Å². The first kappa shape index (κ1) is 17.3. The molecule has 1 heterocycles. The van der Waals surface area contributed by atoms with Gasteiger partial charge in [0.2, 0.25) is 5.91 Å². The molecule has 130 valence electrons. The van der Waals surface area contributed by atoms with E-state index in [0.717, 1.165) is 17.0 Å². The molecule has 24 heavy (non-hydrogen) atoms. The zero-order chi connectivity index (χ0) is 17.3. The van der Waals surface area contributed by atoms with Crippen LogP contribution in [0, 0.1) is 11.8 Å². The highest BCUT2D eigenvalue weighted by atomic mass is 32.2. The molecule has 1 fully saturated rings. The van der Waals surface area contributed by atoms with Crippen LogP contribution >= 0.6 is 11.8 Å². The predicted octanol–water partition coefficient (Wildman–Crippen LogP) is 3.70. The molecule has 0 spiro atoms. The van der Waals surface area contributed by atoms with E-state index in [1.165, 1.54) is 12.8 Å². The first-order valence-corrected chi connectivity index (χ1v) is 9.88. The van der Waals surface area contributed by atoms with Crippen LogP contribution in [0.15, 0.2) is 23.1 Å². The molecule has 0 unspecified atom stereocenters. The quantitative estimate of drug-likeness (QED) is 0.908. The van der Waals surface area contributed by atoms with Gasteiger partial charge in [0.05, 0.1) is 11.4 Å². The van der Waals surface area contributed by atoms with E-state index in [2.05, 4.69) is 19.2 Å². The standard InChI is InChI=1S/C19H26N2O2S/c1-4-21-16-10-14(8-9-17(16)24-11-18(21)22)19(23)20-15-7-5-6-12(2)13(15)3/h8-10,12-13,15H,4-7,11H2,1-3H3,(H,20,23)/t12-,13-,15+/m0/s1. The van der Waals surface area contributed by atoms with Crippen molar-refractivity contribution in [3.63, 3.8) is 0 Å². The van der Waals surface area contributed by atoms with Crippen molar-refractivity contribution in [2.45, 2.75) is 51.0 Å². The lowest BCUT2D eigenvalue weighted by Gasteiger charge is -2.34. The topological polar surface area (TPSA) is 49.4 Å². The number of fused-ring (bicyclic) bond motifs is 1. The van der Waals surface area contributed by atoms with Crippen molar-refractivity contribution in [1.29, 1.82) is 0 Å². The fraction of sp³-hybridized carbons (Fsp3) is 0.579. The first-order valence-electron chi connectivity index (χ1n) is 8.89. The van der Waals surface area contributed by atoms with Gasteiger partial charge < -0.3 is 10.2 Å². The number of nitrogens with one attached hydrogen (secondary N) is 1. The van der Waals surface area contributed by atoms with Crippen LogP contribution in [-0.2, 0) is 4.79 Å². The van der Waals surface area contributed by atoms with E-state index >= 15 is 0 Å².